The molecule has 0 radical (unpaired) electrons. The summed E-state index contributed by atoms with van der Waals surface area (Å²) in [6.07, 6.45) is 2.05. The molecule has 1 unspecified atom stereocenters. The lowest BCUT2D eigenvalue weighted by Gasteiger charge is -2.49. The summed E-state index contributed by atoms with van der Waals surface area (Å²) in [6, 6.07) is 9.05. The number of likely N-dealkylation sites (N-methyl/N-ethyl adjacent to an activating group) is 1. The summed E-state index contributed by atoms with van der Waals surface area (Å²) in [5.74, 6) is 3.48. The van der Waals surface area contributed by atoms with Crippen molar-refractivity contribution in [2.24, 2.45) is 0 Å². The molecule has 5 rings (SSSR count). The van der Waals surface area contributed by atoms with Gasteiger partial charge in [-0.15, -0.1) is 0 Å². The summed E-state index contributed by atoms with van der Waals surface area (Å²) in [6.45, 7) is 2.39. The lowest BCUT2D eigenvalue weighted by atomic mass is 9.81. The number of methoxy groups -OCH3 is 2. The van der Waals surface area contributed by atoms with Crippen LogP contribution in [-0.2, 0) is 19.4 Å². The van der Waals surface area contributed by atoms with Crippen molar-refractivity contribution < 1.29 is 47.4 Å². The van der Waals surface area contributed by atoms with Crippen molar-refractivity contribution in [3.63, 3.8) is 0 Å². The molecule has 3 aliphatic rings. The minimum Gasteiger partial charge on any atom is -1.00 e. The van der Waals surface area contributed by atoms with E-state index in [1.54, 1.807) is 14.2 Å². The molecule has 0 spiro atoms. The van der Waals surface area contributed by atoms with Gasteiger partial charge in [0.1, 0.15) is 12.6 Å². The van der Waals surface area contributed by atoms with Gasteiger partial charge in [0.2, 0.25) is 6.79 Å². The molecule has 0 saturated carbocycles. The minimum atomic E-state index is 0. The van der Waals surface area contributed by atoms with Crippen LogP contribution < -0.4 is 42.9 Å². The number of quaternary nitrogens is 1. The fraction of sp³-hybridized carbons (Fsp3) is 0.429. The van der Waals surface area contributed by atoms with Gasteiger partial charge in [-0.1, -0.05) is 6.07 Å². The highest BCUT2D eigenvalue weighted by Gasteiger charge is 2.45. The molecule has 2 aromatic rings. The van der Waals surface area contributed by atoms with Crippen LogP contribution in [0.25, 0.3) is 0 Å². The maximum absolute atomic E-state index is 5.72. The zero-order valence-electron chi connectivity index (χ0n) is 15.9. The lowest BCUT2D eigenvalue weighted by molar-refractivity contribution is -0.956. The molecule has 6 heteroatoms. The third-order valence-electron chi connectivity index (χ3n) is 6.32. The van der Waals surface area contributed by atoms with E-state index in [9.17, 15) is 0 Å². The van der Waals surface area contributed by atoms with Crippen LogP contribution in [0.1, 0.15) is 28.3 Å². The van der Waals surface area contributed by atoms with Crippen LogP contribution in [-0.4, -0.2) is 39.1 Å². The van der Waals surface area contributed by atoms with E-state index >= 15 is 0 Å². The Kier molecular flexibility index (Phi) is 4.66. The van der Waals surface area contributed by atoms with E-state index in [2.05, 4.69) is 25.2 Å². The highest BCUT2D eigenvalue weighted by atomic mass is 127. The Morgan fingerprint density at radius 3 is 2.56 bits per heavy atom. The third-order valence-corrected chi connectivity index (χ3v) is 6.32. The van der Waals surface area contributed by atoms with Gasteiger partial charge in [0.25, 0.3) is 0 Å². The first-order valence-electron chi connectivity index (χ1n) is 9.12. The Balaban J connectivity index is 0.00000180. The molecule has 0 saturated heterocycles. The van der Waals surface area contributed by atoms with Gasteiger partial charge in [-0.3, -0.25) is 0 Å². The topological polar surface area (TPSA) is 36.9 Å². The van der Waals surface area contributed by atoms with Gasteiger partial charge in [0.15, 0.2) is 23.0 Å². The van der Waals surface area contributed by atoms with Gasteiger partial charge in [0.05, 0.1) is 33.4 Å². The van der Waals surface area contributed by atoms with Crippen LogP contribution in [0.4, 0.5) is 0 Å². The van der Waals surface area contributed by atoms with E-state index in [0.717, 1.165) is 53.4 Å². The quantitative estimate of drug-likeness (QED) is 0.455. The van der Waals surface area contributed by atoms with Gasteiger partial charge in [-0.05, 0) is 29.3 Å². The Morgan fingerprint density at radius 1 is 1.04 bits per heavy atom. The number of fused-ring (bicyclic) bond motifs is 5. The van der Waals surface area contributed by atoms with Gasteiger partial charge < -0.3 is 47.4 Å². The summed E-state index contributed by atoms with van der Waals surface area (Å²) in [5.41, 5.74) is 5.45. The molecule has 0 amide bonds. The van der Waals surface area contributed by atoms with Gasteiger partial charge >= 0.3 is 0 Å². The van der Waals surface area contributed by atoms with Crippen molar-refractivity contribution in [1.29, 1.82) is 0 Å². The Labute approximate surface area is 176 Å². The Hall–Kier alpha value is -1.67. The first-order chi connectivity index (χ1) is 12.6. The smallest absolute Gasteiger partial charge is 0.231 e. The van der Waals surface area contributed by atoms with E-state index in [0.29, 0.717) is 12.8 Å². The lowest BCUT2D eigenvalue weighted by Crippen LogP contribution is -3.00. The summed E-state index contributed by atoms with van der Waals surface area (Å²) < 4.78 is 23.5. The molecule has 0 fully saturated rings. The predicted octanol–water partition coefficient (Wildman–Crippen LogP) is 0.237. The van der Waals surface area contributed by atoms with Crippen molar-refractivity contribution >= 4 is 0 Å². The van der Waals surface area contributed by atoms with Crippen molar-refractivity contribution in [2.75, 3.05) is 34.6 Å². The second-order valence-corrected chi connectivity index (χ2v) is 7.67. The zero-order chi connectivity index (χ0) is 17.9. The maximum atomic E-state index is 5.72. The van der Waals surface area contributed by atoms with Gasteiger partial charge in [-0.25, -0.2) is 0 Å². The standard InChI is InChI=1S/C21H24NO4.HI/c1-22-7-6-14-9-19-20(26-12-25-19)10-15(14)17(22)8-13-4-5-18(23-2)21(24-3)16(13)11-22;/h4-5,9-10,17H,6-8,11-12H2,1-3H3;1H/q+1;/p-1/t17-,22?;/m0./s1. The summed E-state index contributed by atoms with van der Waals surface area (Å²) in [7, 11) is 5.79. The monoisotopic (exact) mass is 481 g/mol. The number of rotatable bonds is 2. The number of hydrogen-bond donors (Lipinski definition) is 0. The molecule has 0 aliphatic carbocycles. The largest absolute Gasteiger partial charge is 1.00 e. The second-order valence-electron chi connectivity index (χ2n) is 7.67. The van der Waals surface area contributed by atoms with E-state index in [-0.39, 0.29) is 24.0 Å². The summed E-state index contributed by atoms with van der Waals surface area (Å²) in [5, 5.41) is 0. The van der Waals surface area contributed by atoms with Crippen molar-refractivity contribution in [3.05, 3.63) is 46.5 Å². The molecule has 0 aromatic heterocycles. The van der Waals surface area contributed by atoms with Crippen LogP contribution in [0, 0.1) is 0 Å². The Morgan fingerprint density at radius 2 is 1.81 bits per heavy atom. The zero-order valence-corrected chi connectivity index (χ0v) is 18.0. The average Bonchev–Trinajstić information content (AvgIpc) is 3.11. The van der Waals surface area contributed by atoms with Crippen molar-refractivity contribution in [3.8, 4) is 23.0 Å². The van der Waals surface area contributed by atoms with E-state index in [1.165, 1.54) is 22.3 Å². The molecule has 27 heavy (non-hydrogen) atoms. The van der Waals surface area contributed by atoms with Crippen molar-refractivity contribution in [2.45, 2.75) is 25.4 Å². The molecule has 0 N–H and O–H groups in total. The number of nitrogens with zero attached hydrogens (tertiary/aromatic N) is 1. The van der Waals surface area contributed by atoms with Gasteiger partial charge in [0, 0.05) is 18.4 Å². The molecule has 3 aliphatic heterocycles. The first-order valence-corrected chi connectivity index (χ1v) is 9.12. The number of hydrogen-bond acceptors (Lipinski definition) is 4. The molecule has 2 atom stereocenters. The van der Waals surface area contributed by atoms with Crippen molar-refractivity contribution in [1.82, 2.24) is 0 Å². The maximum Gasteiger partial charge on any atom is 0.231 e. The highest BCUT2D eigenvalue weighted by Crippen LogP contribution is 2.49. The molecule has 2 aromatic carbocycles. The molecule has 0 bridgehead atoms. The molecule has 3 heterocycles. The van der Waals surface area contributed by atoms with Crippen LogP contribution in [0.15, 0.2) is 24.3 Å². The van der Waals surface area contributed by atoms with E-state index in [1.807, 2.05) is 6.07 Å². The summed E-state index contributed by atoms with van der Waals surface area (Å²) >= 11 is 0. The number of halogens is 1. The fourth-order valence-electron chi connectivity index (χ4n) is 4.88. The predicted molar refractivity (Wildman–Crippen MR) is 97.0 cm³/mol. The minimum absolute atomic E-state index is 0. The molecular formula is C21H24INO4. The van der Waals surface area contributed by atoms with Crippen LogP contribution in [0.3, 0.4) is 0 Å². The first kappa shape index (κ1) is 18.7. The second kappa shape index (κ2) is 6.74. The van der Waals surface area contributed by atoms with Crippen LogP contribution in [0.5, 0.6) is 23.0 Å². The van der Waals surface area contributed by atoms with Crippen LogP contribution in [0.2, 0.25) is 0 Å². The van der Waals surface area contributed by atoms with E-state index < -0.39 is 0 Å². The Bertz CT molecular complexity index is 900. The number of benzene rings is 2. The molecule has 5 nitrogen and oxygen atoms in total. The SMILES string of the molecule is COc1ccc2c(c1OC)C[N+]1(C)CCc3cc4c(cc3[C@@H]1C2)OCO4.[I-]. The molecule has 144 valence electrons. The number of ether oxygens (including phenoxy) is 4. The summed E-state index contributed by atoms with van der Waals surface area (Å²) in [4.78, 5) is 0. The molecular weight excluding hydrogens is 457 g/mol. The third kappa shape index (κ3) is 2.76. The average molecular weight is 481 g/mol. The van der Waals surface area contributed by atoms with Gasteiger partial charge in [-0.2, -0.15) is 0 Å². The van der Waals surface area contributed by atoms with Crippen LogP contribution >= 0.6 is 0 Å². The normalized spacial score (nSPS) is 24.2. The fourth-order valence-corrected chi connectivity index (χ4v) is 4.88. The highest BCUT2D eigenvalue weighted by molar-refractivity contribution is 5.54. The van der Waals surface area contributed by atoms with E-state index in [4.69, 9.17) is 18.9 Å².